The van der Waals surface area contributed by atoms with Crippen molar-refractivity contribution in [1.29, 1.82) is 0 Å². The Morgan fingerprint density at radius 1 is 1.00 bits per heavy atom. The van der Waals surface area contributed by atoms with Crippen LogP contribution in [0.4, 0.5) is 10.5 Å². The molecule has 158 valence electrons. The van der Waals surface area contributed by atoms with Gasteiger partial charge in [0.1, 0.15) is 5.82 Å². The fourth-order valence-corrected chi connectivity index (χ4v) is 3.86. The van der Waals surface area contributed by atoms with E-state index in [1.807, 2.05) is 73.7 Å². The molecule has 0 saturated carbocycles. The van der Waals surface area contributed by atoms with Gasteiger partial charge in [0.25, 0.3) is 0 Å². The standard InChI is InChI=1S/C24H22Cl2N4O/c1-2-20(29-24(31)27-17-8-4-3-5-9-17)23-28-21-10-6-7-11-22(21)30(23)15-16-12-13-18(25)19(26)14-16/h3-14,20H,2,15H2,1H3,(H2,27,29,31). The Labute approximate surface area is 191 Å². The number of amides is 2. The van der Waals surface area contributed by atoms with Gasteiger partial charge >= 0.3 is 6.03 Å². The SMILES string of the molecule is CCC(NC(=O)Nc1ccccc1)c1nc2ccccc2n1Cc1ccc(Cl)c(Cl)c1. The van der Waals surface area contributed by atoms with Gasteiger partial charge in [0.2, 0.25) is 0 Å². The molecule has 4 rings (SSSR count). The zero-order valence-corrected chi connectivity index (χ0v) is 18.5. The van der Waals surface area contributed by atoms with E-state index in [-0.39, 0.29) is 12.1 Å². The quantitative estimate of drug-likeness (QED) is 0.343. The molecule has 1 atom stereocenters. The van der Waals surface area contributed by atoms with Gasteiger partial charge in [0.05, 0.1) is 27.1 Å². The normalized spacial score (nSPS) is 12.0. The number of nitrogens with one attached hydrogen (secondary N) is 2. The summed E-state index contributed by atoms with van der Waals surface area (Å²) in [6.45, 7) is 2.58. The van der Waals surface area contributed by atoms with Gasteiger partial charge in [0, 0.05) is 12.2 Å². The first-order chi connectivity index (χ1) is 15.0. The van der Waals surface area contributed by atoms with Crippen molar-refractivity contribution in [2.45, 2.75) is 25.9 Å². The second-order valence-electron chi connectivity index (χ2n) is 7.22. The minimum absolute atomic E-state index is 0.265. The summed E-state index contributed by atoms with van der Waals surface area (Å²) in [5.41, 5.74) is 3.61. The third kappa shape index (κ3) is 4.84. The molecule has 0 aliphatic rings. The van der Waals surface area contributed by atoms with Crippen LogP contribution in [0.15, 0.2) is 72.8 Å². The highest BCUT2D eigenvalue weighted by molar-refractivity contribution is 6.42. The Morgan fingerprint density at radius 2 is 1.74 bits per heavy atom. The Balaban J connectivity index is 1.65. The second kappa shape index (κ2) is 9.41. The first-order valence-corrected chi connectivity index (χ1v) is 10.8. The van der Waals surface area contributed by atoms with Gasteiger partial charge in [-0.05, 0) is 48.4 Å². The molecule has 3 aromatic carbocycles. The van der Waals surface area contributed by atoms with E-state index in [0.29, 0.717) is 23.0 Å². The lowest BCUT2D eigenvalue weighted by atomic mass is 10.2. The van der Waals surface area contributed by atoms with Crippen molar-refractivity contribution in [3.63, 3.8) is 0 Å². The average molecular weight is 453 g/mol. The minimum Gasteiger partial charge on any atom is -0.328 e. The monoisotopic (exact) mass is 452 g/mol. The van der Waals surface area contributed by atoms with Gasteiger partial charge in [0.15, 0.2) is 0 Å². The lowest BCUT2D eigenvalue weighted by molar-refractivity contribution is 0.247. The number of aromatic nitrogens is 2. The third-order valence-electron chi connectivity index (χ3n) is 5.07. The summed E-state index contributed by atoms with van der Waals surface area (Å²) in [4.78, 5) is 17.5. The summed E-state index contributed by atoms with van der Waals surface area (Å²) in [5, 5.41) is 6.96. The summed E-state index contributed by atoms with van der Waals surface area (Å²) in [6, 6.07) is 22.4. The molecule has 0 fully saturated rings. The number of halogens is 2. The van der Waals surface area contributed by atoms with Crippen LogP contribution >= 0.6 is 23.2 Å². The molecule has 0 aliphatic carbocycles. The van der Waals surface area contributed by atoms with Crippen LogP contribution in [-0.2, 0) is 6.54 Å². The van der Waals surface area contributed by atoms with Crippen molar-refractivity contribution < 1.29 is 4.79 Å². The number of hydrogen-bond acceptors (Lipinski definition) is 2. The van der Waals surface area contributed by atoms with Crippen molar-refractivity contribution >= 4 is 46.0 Å². The number of rotatable bonds is 6. The highest BCUT2D eigenvalue weighted by Crippen LogP contribution is 2.27. The first kappa shape index (κ1) is 21.2. The predicted octanol–water partition coefficient (Wildman–Crippen LogP) is 6.66. The third-order valence-corrected chi connectivity index (χ3v) is 5.80. The van der Waals surface area contributed by atoms with Crippen molar-refractivity contribution in [3.8, 4) is 0 Å². The number of fused-ring (bicyclic) bond motifs is 1. The van der Waals surface area contributed by atoms with Crippen LogP contribution in [0, 0.1) is 0 Å². The van der Waals surface area contributed by atoms with Crippen molar-refractivity contribution in [3.05, 3.63) is 94.2 Å². The number of urea groups is 1. The Morgan fingerprint density at radius 3 is 2.48 bits per heavy atom. The number of nitrogens with zero attached hydrogens (tertiary/aromatic N) is 2. The molecule has 5 nitrogen and oxygen atoms in total. The summed E-state index contributed by atoms with van der Waals surface area (Å²) >= 11 is 12.3. The van der Waals surface area contributed by atoms with E-state index in [1.54, 1.807) is 6.07 Å². The Bertz CT molecular complexity index is 1210. The van der Waals surface area contributed by atoms with Gasteiger partial charge in [-0.3, -0.25) is 0 Å². The lowest BCUT2D eigenvalue weighted by Gasteiger charge is -2.19. The van der Waals surface area contributed by atoms with Crippen molar-refractivity contribution in [2.75, 3.05) is 5.32 Å². The molecule has 4 aromatic rings. The number of benzene rings is 3. The van der Waals surface area contributed by atoms with E-state index in [4.69, 9.17) is 28.2 Å². The van der Waals surface area contributed by atoms with Gasteiger partial charge in [-0.1, -0.05) is 66.5 Å². The van der Waals surface area contributed by atoms with Gasteiger partial charge < -0.3 is 15.2 Å². The number of para-hydroxylation sites is 3. The molecule has 2 amide bonds. The number of hydrogen-bond donors (Lipinski definition) is 2. The first-order valence-electron chi connectivity index (χ1n) is 10.1. The van der Waals surface area contributed by atoms with Crippen LogP contribution in [0.3, 0.4) is 0 Å². The minimum atomic E-state index is -0.272. The molecule has 31 heavy (non-hydrogen) atoms. The van der Waals surface area contributed by atoms with Crippen LogP contribution in [0.5, 0.6) is 0 Å². The van der Waals surface area contributed by atoms with Crippen LogP contribution in [0.2, 0.25) is 10.0 Å². The molecule has 0 bridgehead atoms. The zero-order valence-electron chi connectivity index (χ0n) is 17.0. The second-order valence-corrected chi connectivity index (χ2v) is 8.03. The molecule has 0 saturated heterocycles. The smallest absolute Gasteiger partial charge is 0.319 e. The molecule has 2 N–H and O–H groups in total. The van der Waals surface area contributed by atoms with E-state index in [1.165, 1.54) is 0 Å². The van der Waals surface area contributed by atoms with Gasteiger partial charge in [-0.2, -0.15) is 0 Å². The molecule has 0 radical (unpaired) electrons. The molecular formula is C24H22Cl2N4O. The molecule has 0 spiro atoms. The van der Waals surface area contributed by atoms with Crippen LogP contribution < -0.4 is 10.6 Å². The predicted molar refractivity (Wildman–Crippen MR) is 127 cm³/mol. The Hall–Kier alpha value is -3.02. The fraction of sp³-hybridized carbons (Fsp3) is 0.167. The fourth-order valence-electron chi connectivity index (χ4n) is 3.54. The topological polar surface area (TPSA) is 59.0 Å². The number of carbonyl (C=O) groups excluding carboxylic acids is 1. The molecule has 7 heteroatoms. The summed E-state index contributed by atoms with van der Waals surface area (Å²) < 4.78 is 2.12. The van der Waals surface area contributed by atoms with E-state index in [0.717, 1.165) is 28.1 Å². The van der Waals surface area contributed by atoms with E-state index in [9.17, 15) is 4.79 Å². The summed E-state index contributed by atoms with van der Waals surface area (Å²) in [5.74, 6) is 0.790. The largest absolute Gasteiger partial charge is 0.328 e. The van der Waals surface area contributed by atoms with Crippen LogP contribution in [0.1, 0.15) is 30.8 Å². The van der Waals surface area contributed by atoms with Gasteiger partial charge in [-0.15, -0.1) is 0 Å². The number of imidazole rings is 1. The molecule has 1 heterocycles. The van der Waals surface area contributed by atoms with E-state index in [2.05, 4.69) is 15.2 Å². The highest BCUT2D eigenvalue weighted by Gasteiger charge is 2.21. The average Bonchev–Trinajstić information content (AvgIpc) is 3.13. The Kier molecular flexibility index (Phi) is 6.44. The number of carbonyl (C=O) groups is 1. The van der Waals surface area contributed by atoms with Crippen LogP contribution in [-0.4, -0.2) is 15.6 Å². The molecule has 1 unspecified atom stereocenters. The molecule has 0 aliphatic heterocycles. The summed E-state index contributed by atoms with van der Waals surface area (Å²) in [7, 11) is 0. The maximum Gasteiger partial charge on any atom is 0.319 e. The highest BCUT2D eigenvalue weighted by atomic mass is 35.5. The zero-order chi connectivity index (χ0) is 21.8. The van der Waals surface area contributed by atoms with E-state index >= 15 is 0 Å². The van der Waals surface area contributed by atoms with Crippen molar-refractivity contribution in [1.82, 2.24) is 14.9 Å². The lowest BCUT2D eigenvalue weighted by Crippen LogP contribution is -2.33. The summed E-state index contributed by atoms with van der Waals surface area (Å²) in [6.07, 6.45) is 0.687. The van der Waals surface area contributed by atoms with E-state index < -0.39 is 0 Å². The maximum absolute atomic E-state index is 12.6. The maximum atomic E-state index is 12.6. The van der Waals surface area contributed by atoms with Gasteiger partial charge in [-0.25, -0.2) is 9.78 Å². The number of anilines is 1. The molecular weight excluding hydrogens is 431 g/mol. The van der Waals surface area contributed by atoms with Crippen molar-refractivity contribution in [2.24, 2.45) is 0 Å². The van der Waals surface area contributed by atoms with Crippen LogP contribution in [0.25, 0.3) is 11.0 Å². The molecule has 1 aromatic heterocycles.